The number of hydrogen-bond acceptors (Lipinski definition) is 5. The van der Waals surface area contributed by atoms with Crippen molar-refractivity contribution in [3.05, 3.63) is 84.8 Å². The zero-order valence-electron chi connectivity index (χ0n) is 13.7. The summed E-state index contributed by atoms with van der Waals surface area (Å²) in [5.74, 6) is 0.460. The van der Waals surface area contributed by atoms with Crippen LogP contribution in [0.5, 0.6) is 0 Å². The van der Waals surface area contributed by atoms with E-state index < -0.39 is 5.91 Å². The van der Waals surface area contributed by atoms with Crippen LogP contribution in [0, 0.1) is 0 Å². The summed E-state index contributed by atoms with van der Waals surface area (Å²) in [6.07, 6.45) is 1.44. The number of benzene rings is 2. The molecule has 0 fully saturated rings. The molecule has 2 N–H and O–H groups in total. The van der Waals surface area contributed by atoms with E-state index in [1.807, 2.05) is 60.7 Å². The molecule has 0 unspecified atom stereocenters. The summed E-state index contributed by atoms with van der Waals surface area (Å²) in [7, 11) is 0. The molecule has 0 aliphatic carbocycles. The first-order valence-corrected chi connectivity index (χ1v) is 7.99. The van der Waals surface area contributed by atoms with E-state index in [2.05, 4.69) is 20.7 Å². The number of para-hydroxylation sites is 2. The Kier molecular flexibility index (Phi) is 4.17. The third-order valence-electron chi connectivity index (χ3n) is 3.61. The maximum absolute atomic E-state index is 12.3. The minimum atomic E-state index is -0.397. The lowest BCUT2D eigenvalue weighted by atomic mass is 10.3. The maximum atomic E-state index is 12.3. The number of carbonyl (C=O) groups excluding carboxylic acids is 1. The Bertz CT molecular complexity index is 995. The molecule has 4 rings (SSSR count). The van der Waals surface area contributed by atoms with Gasteiger partial charge in [-0.2, -0.15) is 9.67 Å². The second-order valence-corrected chi connectivity index (χ2v) is 5.43. The third-order valence-corrected chi connectivity index (χ3v) is 3.61. The summed E-state index contributed by atoms with van der Waals surface area (Å²) in [5.41, 5.74) is 1.62. The molecule has 0 aliphatic rings. The predicted molar refractivity (Wildman–Crippen MR) is 97.7 cm³/mol. The van der Waals surface area contributed by atoms with Crippen molar-refractivity contribution in [2.75, 3.05) is 10.6 Å². The Morgan fingerprint density at radius 1 is 0.923 bits per heavy atom. The number of hydrogen-bond donors (Lipinski definition) is 2. The van der Waals surface area contributed by atoms with Gasteiger partial charge in [-0.25, -0.2) is 0 Å². The van der Waals surface area contributed by atoms with Gasteiger partial charge in [-0.15, -0.1) is 5.10 Å². The molecule has 26 heavy (non-hydrogen) atoms. The molecule has 1 amide bonds. The Hall–Kier alpha value is -3.87. The van der Waals surface area contributed by atoms with Crippen molar-refractivity contribution in [1.29, 1.82) is 0 Å². The summed E-state index contributed by atoms with van der Waals surface area (Å²) in [6.45, 7) is 0. The largest absolute Gasteiger partial charge is 0.459 e. The lowest BCUT2D eigenvalue weighted by Crippen LogP contribution is -2.15. The van der Waals surface area contributed by atoms with Crippen LogP contribution < -0.4 is 10.6 Å². The summed E-state index contributed by atoms with van der Waals surface area (Å²) < 4.78 is 6.69. The van der Waals surface area contributed by atoms with Gasteiger partial charge in [0.25, 0.3) is 5.91 Å². The lowest BCUT2D eigenvalue weighted by Gasteiger charge is -2.05. The molecule has 0 spiro atoms. The van der Waals surface area contributed by atoms with Crippen LogP contribution in [0.1, 0.15) is 10.6 Å². The number of aromatic nitrogens is 3. The first-order valence-electron chi connectivity index (χ1n) is 7.99. The average molecular weight is 345 g/mol. The molecule has 0 atom stereocenters. The molecule has 128 valence electrons. The van der Waals surface area contributed by atoms with Crippen molar-refractivity contribution in [2.45, 2.75) is 0 Å². The van der Waals surface area contributed by atoms with E-state index in [-0.39, 0.29) is 11.7 Å². The van der Waals surface area contributed by atoms with Crippen LogP contribution in [0.2, 0.25) is 0 Å². The Morgan fingerprint density at radius 3 is 2.35 bits per heavy atom. The molecule has 2 aromatic heterocycles. The number of nitrogens with one attached hydrogen (secondary N) is 2. The van der Waals surface area contributed by atoms with Crippen molar-refractivity contribution >= 4 is 23.5 Å². The van der Waals surface area contributed by atoms with Gasteiger partial charge in [0.05, 0.1) is 12.0 Å². The number of amides is 1. The topological polar surface area (TPSA) is 85.0 Å². The molecular weight excluding hydrogens is 330 g/mol. The summed E-state index contributed by atoms with van der Waals surface area (Å²) in [6, 6.07) is 22.2. The van der Waals surface area contributed by atoms with E-state index >= 15 is 0 Å². The molecule has 0 radical (unpaired) electrons. The van der Waals surface area contributed by atoms with Crippen LogP contribution in [0.3, 0.4) is 0 Å². The number of nitrogens with zero attached hydrogens (tertiary/aromatic N) is 3. The number of furan rings is 1. The Labute approximate surface area is 149 Å². The minimum absolute atomic E-state index is 0.199. The van der Waals surface area contributed by atoms with Gasteiger partial charge in [-0.3, -0.25) is 10.1 Å². The quantitative estimate of drug-likeness (QED) is 0.574. The first-order chi connectivity index (χ1) is 12.8. The molecule has 7 heteroatoms. The van der Waals surface area contributed by atoms with Gasteiger partial charge in [0.15, 0.2) is 5.76 Å². The smallest absolute Gasteiger partial charge is 0.293 e. The highest BCUT2D eigenvalue weighted by Gasteiger charge is 2.17. The van der Waals surface area contributed by atoms with E-state index in [1.54, 1.807) is 16.8 Å². The fourth-order valence-corrected chi connectivity index (χ4v) is 2.42. The minimum Gasteiger partial charge on any atom is -0.459 e. The van der Waals surface area contributed by atoms with Crippen molar-refractivity contribution < 1.29 is 9.21 Å². The van der Waals surface area contributed by atoms with Crippen LogP contribution in [0.15, 0.2) is 83.5 Å². The molecule has 0 bridgehead atoms. The Morgan fingerprint density at radius 2 is 1.65 bits per heavy atom. The van der Waals surface area contributed by atoms with Gasteiger partial charge in [0.1, 0.15) is 0 Å². The molecule has 0 saturated carbocycles. The number of carbonyl (C=O) groups is 1. The van der Waals surface area contributed by atoms with E-state index in [1.165, 1.54) is 6.26 Å². The van der Waals surface area contributed by atoms with Gasteiger partial charge < -0.3 is 9.73 Å². The molecular formula is C19H15N5O2. The van der Waals surface area contributed by atoms with Crippen LogP contribution in [0.4, 0.5) is 17.6 Å². The maximum Gasteiger partial charge on any atom is 0.293 e. The van der Waals surface area contributed by atoms with Gasteiger partial charge in [0, 0.05) is 5.69 Å². The van der Waals surface area contributed by atoms with Crippen molar-refractivity contribution in [1.82, 2.24) is 14.8 Å². The summed E-state index contributed by atoms with van der Waals surface area (Å²) in [5, 5.41) is 10.3. The highest BCUT2D eigenvalue weighted by molar-refractivity contribution is 6.01. The van der Waals surface area contributed by atoms with E-state index in [9.17, 15) is 4.79 Å². The molecule has 7 nitrogen and oxygen atoms in total. The van der Waals surface area contributed by atoms with Gasteiger partial charge in [-0.1, -0.05) is 36.4 Å². The van der Waals surface area contributed by atoms with Crippen LogP contribution >= 0.6 is 0 Å². The second-order valence-electron chi connectivity index (χ2n) is 5.43. The normalized spacial score (nSPS) is 10.5. The standard InChI is InChI=1S/C19H15N5O2/c25-17(16-12-7-13-26-16)21-19-22-18(20-14-8-3-1-4-9-14)23-24(19)15-10-5-2-6-11-15/h1-13H,(H2,20,21,22,23,25). The van der Waals surface area contributed by atoms with E-state index in [0.29, 0.717) is 5.95 Å². The average Bonchev–Trinajstić information content (AvgIpc) is 3.34. The predicted octanol–water partition coefficient (Wildman–Crippen LogP) is 3.86. The monoisotopic (exact) mass is 345 g/mol. The highest BCUT2D eigenvalue weighted by Crippen LogP contribution is 2.19. The van der Waals surface area contributed by atoms with Gasteiger partial charge in [-0.05, 0) is 36.4 Å². The van der Waals surface area contributed by atoms with Crippen molar-refractivity contribution in [3.63, 3.8) is 0 Å². The van der Waals surface area contributed by atoms with Gasteiger partial charge in [0.2, 0.25) is 11.9 Å². The molecule has 2 aromatic carbocycles. The van der Waals surface area contributed by atoms with E-state index in [4.69, 9.17) is 4.42 Å². The van der Waals surface area contributed by atoms with Crippen molar-refractivity contribution in [3.8, 4) is 5.69 Å². The zero-order valence-corrected chi connectivity index (χ0v) is 13.7. The van der Waals surface area contributed by atoms with Crippen molar-refractivity contribution in [2.24, 2.45) is 0 Å². The number of anilines is 3. The van der Waals surface area contributed by atoms with E-state index in [0.717, 1.165) is 11.4 Å². The third kappa shape index (κ3) is 3.32. The molecule has 0 saturated heterocycles. The zero-order chi connectivity index (χ0) is 17.8. The first kappa shape index (κ1) is 15.6. The molecule has 4 aromatic rings. The SMILES string of the molecule is O=C(Nc1nc(Nc2ccccc2)nn1-c1ccccc1)c1ccco1. The number of rotatable bonds is 5. The highest BCUT2D eigenvalue weighted by atomic mass is 16.3. The Balaban J connectivity index is 1.67. The second kappa shape index (κ2) is 6.94. The molecule has 2 heterocycles. The van der Waals surface area contributed by atoms with Crippen LogP contribution in [-0.4, -0.2) is 20.7 Å². The lowest BCUT2D eigenvalue weighted by molar-refractivity contribution is 0.0995. The van der Waals surface area contributed by atoms with Gasteiger partial charge >= 0.3 is 0 Å². The fraction of sp³-hybridized carbons (Fsp3) is 0. The van der Waals surface area contributed by atoms with Crippen LogP contribution in [-0.2, 0) is 0 Å². The summed E-state index contributed by atoms with van der Waals surface area (Å²) in [4.78, 5) is 16.7. The summed E-state index contributed by atoms with van der Waals surface area (Å²) >= 11 is 0. The fourth-order valence-electron chi connectivity index (χ4n) is 2.42. The van der Waals surface area contributed by atoms with Crippen LogP contribution in [0.25, 0.3) is 5.69 Å². The molecule has 0 aliphatic heterocycles.